The monoisotopic (exact) mass is 386 g/mol. The highest BCUT2D eigenvalue weighted by Gasteiger charge is 2.37. The first kappa shape index (κ1) is 17.5. The molecule has 1 atom stereocenters. The Morgan fingerprint density at radius 3 is 1.97 bits per heavy atom. The van der Waals surface area contributed by atoms with Crippen molar-refractivity contribution in [3.8, 4) is 0 Å². The van der Waals surface area contributed by atoms with Crippen LogP contribution in [0.2, 0.25) is 0 Å². The lowest BCUT2D eigenvalue weighted by atomic mass is 9.95. The number of nitrogens with zero attached hydrogens (tertiary/aromatic N) is 2. The van der Waals surface area contributed by atoms with Crippen molar-refractivity contribution in [2.45, 2.75) is 13.2 Å². The number of aliphatic hydroxyl groups excluding tert-OH is 1. The average molecular weight is 386 g/mol. The summed E-state index contributed by atoms with van der Waals surface area (Å²) in [6.07, 6.45) is 2.76. The molecule has 0 saturated heterocycles. The zero-order valence-corrected chi connectivity index (χ0v) is 15.9. The van der Waals surface area contributed by atoms with Crippen molar-refractivity contribution in [3.63, 3.8) is 0 Å². The van der Waals surface area contributed by atoms with Gasteiger partial charge in [-0.3, -0.25) is 0 Å². The number of aryl methyl sites for hydroxylation is 1. The summed E-state index contributed by atoms with van der Waals surface area (Å²) in [6, 6.07) is 15.2. The highest BCUT2D eigenvalue weighted by Crippen LogP contribution is 2.40. The lowest BCUT2D eigenvalue weighted by Gasteiger charge is -2.07. The van der Waals surface area contributed by atoms with Crippen LogP contribution in [0.1, 0.15) is 24.3 Å². The lowest BCUT2D eigenvalue weighted by Crippen LogP contribution is -2.02. The number of hydrogen-bond donors (Lipinski definition) is 1. The molecular formula is C23H18N2O4. The van der Waals surface area contributed by atoms with Crippen molar-refractivity contribution < 1.29 is 19.4 Å². The first-order valence-corrected chi connectivity index (χ1v) is 9.30. The SMILES string of the molecule is CC(O)n1cc(C2=C(c3cn(C)c4ccccc34)C(=O)OC2=O)c2ccccc21. The number of ether oxygens (including phenoxy) is 1. The Morgan fingerprint density at radius 1 is 0.828 bits per heavy atom. The van der Waals surface area contributed by atoms with Crippen LogP contribution >= 0.6 is 0 Å². The highest BCUT2D eigenvalue weighted by molar-refractivity contribution is 6.46. The Balaban J connectivity index is 1.87. The number of aromatic nitrogens is 2. The molecule has 1 N–H and O–H groups in total. The number of aliphatic hydroxyl groups is 1. The van der Waals surface area contributed by atoms with Gasteiger partial charge in [0, 0.05) is 46.9 Å². The van der Waals surface area contributed by atoms with E-state index in [0.717, 1.165) is 21.8 Å². The van der Waals surface area contributed by atoms with E-state index in [2.05, 4.69) is 0 Å². The van der Waals surface area contributed by atoms with Crippen LogP contribution in [0.4, 0.5) is 0 Å². The minimum absolute atomic E-state index is 0.224. The standard InChI is InChI=1S/C23H18N2O4/c1-13(26)25-12-17(15-8-4-6-10-19(15)25)21-20(22(27)29-23(21)28)16-11-24(2)18-9-5-3-7-14(16)18/h3-13,26H,1-2H3. The van der Waals surface area contributed by atoms with E-state index in [1.54, 1.807) is 17.7 Å². The van der Waals surface area contributed by atoms with Crippen molar-refractivity contribution in [2.75, 3.05) is 0 Å². The van der Waals surface area contributed by atoms with E-state index < -0.39 is 18.2 Å². The zero-order chi connectivity index (χ0) is 20.3. The minimum atomic E-state index is -0.789. The average Bonchev–Trinajstić information content (AvgIpc) is 3.33. The van der Waals surface area contributed by atoms with Gasteiger partial charge < -0.3 is 19.0 Å². The quantitative estimate of drug-likeness (QED) is 0.431. The molecular weight excluding hydrogens is 368 g/mol. The fraction of sp³-hybridized carbons (Fsp3) is 0.130. The van der Waals surface area contributed by atoms with E-state index in [0.29, 0.717) is 11.1 Å². The fourth-order valence-corrected chi connectivity index (χ4v) is 4.13. The summed E-state index contributed by atoms with van der Waals surface area (Å²) in [5.41, 5.74) is 3.42. The molecule has 2 aromatic heterocycles. The minimum Gasteiger partial charge on any atom is -0.386 e. The van der Waals surface area contributed by atoms with Crippen LogP contribution < -0.4 is 0 Å². The first-order chi connectivity index (χ1) is 14.0. The number of carbonyl (C=O) groups is 2. The van der Waals surface area contributed by atoms with E-state index in [-0.39, 0.29) is 11.1 Å². The second-order valence-electron chi connectivity index (χ2n) is 7.20. The number of benzene rings is 2. The molecule has 0 bridgehead atoms. The number of rotatable bonds is 3. The maximum atomic E-state index is 12.8. The Kier molecular flexibility index (Phi) is 3.72. The maximum absolute atomic E-state index is 12.8. The summed E-state index contributed by atoms with van der Waals surface area (Å²) < 4.78 is 8.64. The zero-order valence-electron chi connectivity index (χ0n) is 15.9. The number of esters is 2. The van der Waals surface area contributed by atoms with Gasteiger partial charge in [-0.2, -0.15) is 0 Å². The number of carbonyl (C=O) groups excluding carboxylic acids is 2. The highest BCUT2D eigenvalue weighted by atomic mass is 16.6. The summed E-state index contributed by atoms with van der Waals surface area (Å²) >= 11 is 0. The number of para-hydroxylation sites is 2. The van der Waals surface area contributed by atoms with Crippen LogP contribution in [0.5, 0.6) is 0 Å². The third kappa shape index (κ3) is 2.46. The fourth-order valence-electron chi connectivity index (χ4n) is 4.13. The Labute approximate surface area is 166 Å². The number of hydrogen-bond acceptors (Lipinski definition) is 4. The topological polar surface area (TPSA) is 73.5 Å². The first-order valence-electron chi connectivity index (χ1n) is 9.30. The van der Waals surface area contributed by atoms with E-state index in [9.17, 15) is 14.7 Å². The van der Waals surface area contributed by atoms with Gasteiger partial charge in [-0.15, -0.1) is 0 Å². The smallest absolute Gasteiger partial charge is 0.347 e. The molecule has 144 valence electrons. The molecule has 1 aliphatic rings. The normalized spacial score (nSPS) is 15.6. The second kappa shape index (κ2) is 6.18. The van der Waals surface area contributed by atoms with Crippen LogP contribution in [0.3, 0.4) is 0 Å². The van der Waals surface area contributed by atoms with Crippen molar-refractivity contribution in [1.29, 1.82) is 0 Å². The molecule has 0 radical (unpaired) electrons. The van der Waals surface area contributed by atoms with Gasteiger partial charge in [0.25, 0.3) is 0 Å². The van der Waals surface area contributed by atoms with Crippen LogP contribution in [-0.2, 0) is 21.4 Å². The Hall–Kier alpha value is -3.64. The number of cyclic esters (lactones) is 2. The molecule has 4 aromatic rings. The lowest BCUT2D eigenvalue weighted by molar-refractivity contribution is -0.149. The molecule has 1 aliphatic heterocycles. The van der Waals surface area contributed by atoms with Gasteiger partial charge in [-0.25, -0.2) is 9.59 Å². The summed E-state index contributed by atoms with van der Waals surface area (Å²) in [4.78, 5) is 25.5. The van der Waals surface area contributed by atoms with Crippen molar-refractivity contribution in [2.24, 2.45) is 7.05 Å². The third-order valence-corrected chi connectivity index (χ3v) is 5.42. The maximum Gasteiger partial charge on any atom is 0.347 e. The predicted octanol–water partition coefficient (Wildman–Crippen LogP) is 3.64. The Bertz CT molecular complexity index is 1350. The van der Waals surface area contributed by atoms with Gasteiger partial charge in [0.05, 0.1) is 16.7 Å². The summed E-state index contributed by atoms with van der Waals surface area (Å²) in [6.45, 7) is 1.65. The molecule has 6 nitrogen and oxygen atoms in total. The van der Waals surface area contributed by atoms with Crippen molar-refractivity contribution >= 4 is 44.9 Å². The molecule has 29 heavy (non-hydrogen) atoms. The van der Waals surface area contributed by atoms with Gasteiger partial charge in [-0.05, 0) is 19.1 Å². The number of fused-ring (bicyclic) bond motifs is 2. The predicted molar refractivity (Wildman–Crippen MR) is 110 cm³/mol. The molecule has 6 heteroatoms. The molecule has 1 unspecified atom stereocenters. The summed E-state index contributed by atoms with van der Waals surface area (Å²) in [7, 11) is 1.90. The molecule has 2 aromatic carbocycles. The van der Waals surface area contributed by atoms with E-state index in [1.807, 2.05) is 66.3 Å². The van der Waals surface area contributed by atoms with Gasteiger partial charge in [-0.1, -0.05) is 36.4 Å². The second-order valence-corrected chi connectivity index (χ2v) is 7.20. The van der Waals surface area contributed by atoms with Crippen LogP contribution in [0.25, 0.3) is 33.0 Å². The van der Waals surface area contributed by atoms with E-state index >= 15 is 0 Å². The molecule has 5 rings (SSSR count). The molecule has 0 amide bonds. The molecule has 0 aliphatic carbocycles. The van der Waals surface area contributed by atoms with Crippen LogP contribution in [0, 0.1) is 0 Å². The van der Waals surface area contributed by atoms with Gasteiger partial charge >= 0.3 is 11.9 Å². The van der Waals surface area contributed by atoms with Gasteiger partial charge in [0.15, 0.2) is 0 Å². The largest absolute Gasteiger partial charge is 0.386 e. The van der Waals surface area contributed by atoms with Gasteiger partial charge in [0.1, 0.15) is 6.23 Å². The summed E-state index contributed by atoms with van der Waals surface area (Å²) in [5, 5.41) is 11.8. The van der Waals surface area contributed by atoms with Gasteiger partial charge in [0.2, 0.25) is 0 Å². The summed E-state index contributed by atoms with van der Waals surface area (Å²) in [5.74, 6) is -1.33. The van der Waals surface area contributed by atoms with Crippen LogP contribution in [0.15, 0.2) is 60.9 Å². The van der Waals surface area contributed by atoms with E-state index in [1.165, 1.54) is 0 Å². The third-order valence-electron chi connectivity index (χ3n) is 5.42. The van der Waals surface area contributed by atoms with E-state index in [4.69, 9.17) is 4.74 Å². The van der Waals surface area contributed by atoms with Crippen molar-refractivity contribution in [1.82, 2.24) is 9.13 Å². The molecule has 0 fully saturated rings. The van der Waals surface area contributed by atoms with Crippen LogP contribution in [-0.4, -0.2) is 26.2 Å². The molecule has 0 saturated carbocycles. The van der Waals surface area contributed by atoms with Crippen molar-refractivity contribution in [3.05, 3.63) is 72.1 Å². The molecule has 0 spiro atoms. The molecule has 3 heterocycles. The Morgan fingerprint density at radius 2 is 1.34 bits per heavy atom.